The van der Waals surface area contributed by atoms with Crippen LogP contribution in [0.25, 0.3) is 21.7 Å². The quantitative estimate of drug-likeness (QED) is 0.224. The molecule has 0 bridgehead atoms. The number of carbonyl (C=O) groups excluding carboxylic acids is 1. The fourth-order valence-electron chi connectivity index (χ4n) is 4.63. The third kappa shape index (κ3) is 7.68. The summed E-state index contributed by atoms with van der Waals surface area (Å²) in [6.45, 7) is 10.0. The van der Waals surface area contributed by atoms with Gasteiger partial charge < -0.3 is 19.5 Å². The van der Waals surface area contributed by atoms with Crippen LogP contribution in [0.5, 0.6) is 11.6 Å². The van der Waals surface area contributed by atoms with E-state index < -0.39 is 0 Å². The Morgan fingerprint density at radius 3 is 2.68 bits per heavy atom. The van der Waals surface area contributed by atoms with E-state index in [1.54, 1.807) is 16.0 Å². The molecule has 1 N–H and O–H groups in total. The minimum absolute atomic E-state index is 0.102. The summed E-state index contributed by atoms with van der Waals surface area (Å²) in [4.78, 5) is 16.3. The fraction of sp³-hybridized carbons (Fsp3) is 0.355. The number of carbonyl (C=O) groups is 1. The van der Waals surface area contributed by atoms with Crippen molar-refractivity contribution in [1.82, 2.24) is 20.0 Å². The molecule has 2 aromatic carbocycles. The van der Waals surface area contributed by atoms with Crippen LogP contribution in [0.15, 0.2) is 60.0 Å². The number of halogens is 1. The van der Waals surface area contributed by atoms with Gasteiger partial charge in [-0.25, -0.2) is 4.68 Å². The molecule has 10 heteroatoms. The van der Waals surface area contributed by atoms with Crippen molar-refractivity contribution < 1.29 is 19.0 Å². The van der Waals surface area contributed by atoms with Crippen LogP contribution in [0, 0.1) is 6.92 Å². The molecule has 1 aliphatic heterocycles. The largest absolute Gasteiger partial charge is 0.490 e. The molecule has 2 aromatic heterocycles. The number of hydrogen-bond donors (Lipinski definition) is 1. The van der Waals surface area contributed by atoms with E-state index in [9.17, 15) is 4.79 Å². The lowest BCUT2D eigenvalue weighted by atomic mass is 10.1. The minimum Gasteiger partial charge on any atom is -0.490 e. The standard InChI is InChI=1S/C31H35ClN4O4S/c1-3-39-30-20-27(23-5-4-6-25(18-23)31(37)33-9-10-35-11-14-38-15-12-35)34-36(30)13-16-40-28-8-7-24(19-26(28)32)29-17-22(2)21-41-29/h4-8,17-21H,3,9-16H2,1-2H3,(H,33,37). The maximum Gasteiger partial charge on any atom is 0.251 e. The summed E-state index contributed by atoms with van der Waals surface area (Å²) < 4.78 is 19.0. The summed E-state index contributed by atoms with van der Waals surface area (Å²) in [7, 11) is 0. The highest BCUT2D eigenvalue weighted by atomic mass is 35.5. The van der Waals surface area contributed by atoms with Gasteiger partial charge >= 0.3 is 0 Å². The number of morpholine rings is 1. The Labute approximate surface area is 249 Å². The number of nitrogens with zero attached hydrogens (tertiary/aromatic N) is 3. The number of nitrogens with one attached hydrogen (secondary N) is 1. The highest BCUT2D eigenvalue weighted by molar-refractivity contribution is 7.13. The summed E-state index contributed by atoms with van der Waals surface area (Å²) in [5.41, 5.74) is 4.47. The van der Waals surface area contributed by atoms with Crippen molar-refractivity contribution in [2.45, 2.75) is 20.4 Å². The maximum absolute atomic E-state index is 12.8. The number of aryl methyl sites for hydroxylation is 1. The zero-order valence-corrected chi connectivity index (χ0v) is 25.0. The second-order valence-electron chi connectivity index (χ2n) is 9.80. The van der Waals surface area contributed by atoms with Gasteiger partial charge in [0, 0.05) is 48.2 Å². The zero-order valence-electron chi connectivity index (χ0n) is 23.4. The van der Waals surface area contributed by atoms with Gasteiger partial charge in [-0.2, -0.15) is 5.10 Å². The fourth-order valence-corrected chi connectivity index (χ4v) is 5.77. The SMILES string of the molecule is CCOc1cc(-c2cccc(C(=O)NCCN3CCOCC3)c2)nn1CCOc1ccc(-c2cc(C)cs2)cc1Cl. The molecule has 0 saturated carbocycles. The average Bonchev–Trinajstić information content (AvgIpc) is 3.61. The van der Waals surface area contributed by atoms with Crippen molar-refractivity contribution in [3.8, 4) is 33.3 Å². The first-order valence-corrected chi connectivity index (χ1v) is 15.1. The topological polar surface area (TPSA) is 77.9 Å². The molecule has 4 aromatic rings. The van der Waals surface area contributed by atoms with E-state index in [2.05, 4.69) is 28.6 Å². The molecule has 1 amide bonds. The van der Waals surface area contributed by atoms with Gasteiger partial charge in [0.2, 0.25) is 5.88 Å². The number of benzene rings is 2. The van der Waals surface area contributed by atoms with Gasteiger partial charge in [-0.15, -0.1) is 11.3 Å². The number of rotatable bonds is 12. The second kappa shape index (κ2) is 14.0. The van der Waals surface area contributed by atoms with E-state index in [0.29, 0.717) is 48.5 Å². The number of hydrogen-bond acceptors (Lipinski definition) is 7. The van der Waals surface area contributed by atoms with Crippen LogP contribution >= 0.6 is 22.9 Å². The van der Waals surface area contributed by atoms with Crippen LogP contribution < -0.4 is 14.8 Å². The Morgan fingerprint density at radius 2 is 1.93 bits per heavy atom. The number of aromatic nitrogens is 2. The van der Waals surface area contributed by atoms with E-state index in [1.165, 1.54) is 10.4 Å². The first-order valence-electron chi connectivity index (χ1n) is 13.9. The third-order valence-corrected chi connectivity index (χ3v) is 8.17. The van der Waals surface area contributed by atoms with E-state index in [0.717, 1.165) is 49.7 Å². The summed E-state index contributed by atoms with van der Waals surface area (Å²) >= 11 is 8.23. The second-order valence-corrected chi connectivity index (χ2v) is 11.1. The molecular formula is C31H35ClN4O4S. The smallest absolute Gasteiger partial charge is 0.251 e. The molecule has 5 rings (SSSR count). The van der Waals surface area contributed by atoms with E-state index in [1.807, 2.05) is 55.5 Å². The molecule has 1 aliphatic rings. The lowest BCUT2D eigenvalue weighted by Gasteiger charge is -2.26. The normalized spacial score (nSPS) is 13.7. The van der Waals surface area contributed by atoms with Crippen molar-refractivity contribution >= 4 is 28.8 Å². The molecular weight excluding hydrogens is 560 g/mol. The molecule has 41 heavy (non-hydrogen) atoms. The third-order valence-electron chi connectivity index (χ3n) is 6.78. The number of amides is 1. The van der Waals surface area contributed by atoms with E-state index >= 15 is 0 Å². The predicted molar refractivity (Wildman–Crippen MR) is 163 cm³/mol. The van der Waals surface area contributed by atoms with Crippen molar-refractivity contribution in [3.63, 3.8) is 0 Å². The van der Waals surface area contributed by atoms with Gasteiger partial charge in [-0.1, -0.05) is 23.7 Å². The Balaban J connectivity index is 1.20. The van der Waals surface area contributed by atoms with Crippen molar-refractivity contribution in [1.29, 1.82) is 0 Å². The highest BCUT2D eigenvalue weighted by Gasteiger charge is 2.15. The molecule has 1 saturated heterocycles. The van der Waals surface area contributed by atoms with Gasteiger partial charge in [0.05, 0.1) is 37.1 Å². The lowest BCUT2D eigenvalue weighted by molar-refractivity contribution is 0.0383. The molecule has 0 spiro atoms. The van der Waals surface area contributed by atoms with Crippen LogP contribution in [0.1, 0.15) is 22.8 Å². The maximum atomic E-state index is 12.8. The zero-order chi connectivity index (χ0) is 28.6. The molecule has 3 heterocycles. The molecule has 1 fully saturated rings. The summed E-state index contributed by atoms with van der Waals surface area (Å²) in [5.74, 6) is 1.16. The Kier molecular flexibility index (Phi) is 9.95. The number of ether oxygens (including phenoxy) is 3. The Bertz CT molecular complexity index is 1460. The van der Waals surface area contributed by atoms with E-state index in [4.69, 9.17) is 30.9 Å². The van der Waals surface area contributed by atoms with Crippen LogP contribution in [-0.4, -0.2) is 73.2 Å². The molecule has 0 atom stereocenters. The van der Waals surface area contributed by atoms with Gasteiger partial charge in [0.25, 0.3) is 5.91 Å². The van der Waals surface area contributed by atoms with E-state index in [-0.39, 0.29) is 5.91 Å². The van der Waals surface area contributed by atoms with Crippen molar-refractivity contribution in [3.05, 3.63) is 76.1 Å². The van der Waals surface area contributed by atoms with Crippen LogP contribution in [-0.2, 0) is 11.3 Å². The van der Waals surface area contributed by atoms with Crippen LogP contribution in [0.2, 0.25) is 5.02 Å². The highest BCUT2D eigenvalue weighted by Crippen LogP contribution is 2.33. The van der Waals surface area contributed by atoms with Gasteiger partial charge in [-0.05, 0) is 66.8 Å². The van der Waals surface area contributed by atoms with Gasteiger partial charge in [0.1, 0.15) is 12.4 Å². The van der Waals surface area contributed by atoms with Crippen molar-refractivity contribution in [2.75, 3.05) is 52.6 Å². The molecule has 0 unspecified atom stereocenters. The lowest BCUT2D eigenvalue weighted by Crippen LogP contribution is -2.41. The van der Waals surface area contributed by atoms with Gasteiger partial charge in [0.15, 0.2) is 0 Å². The first kappa shape index (κ1) is 29.1. The molecule has 0 aliphatic carbocycles. The van der Waals surface area contributed by atoms with Crippen LogP contribution in [0.3, 0.4) is 0 Å². The summed E-state index contributed by atoms with van der Waals surface area (Å²) in [6.07, 6.45) is 0. The minimum atomic E-state index is -0.102. The first-order chi connectivity index (χ1) is 20.0. The van der Waals surface area contributed by atoms with Gasteiger partial charge in [-0.3, -0.25) is 9.69 Å². The Morgan fingerprint density at radius 1 is 1.07 bits per heavy atom. The Hall–Kier alpha value is -3.37. The van der Waals surface area contributed by atoms with Crippen LogP contribution in [0.4, 0.5) is 0 Å². The van der Waals surface area contributed by atoms with Crippen molar-refractivity contribution in [2.24, 2.45) is 0 Å². The molecule has 8 nitrogen and oxygen atoms in total. The number of thiophene rings is 1. The molecule has 216 valence electrons. The predicted octanol–water partition coefficient (Wildman–Crippen LogP) is 5.78. The molecule has 0 radical (unpaired) electrons. The average molecular weight is 595 g/mol. The summed E-state index contributed by atoms with van der Waals surface area (Å²) in [5, 5.41) is 10.5. The monoisotopic (exact) mass is 594 g/mol. The summed E-state index contributed by atoms with van der Waals surface area (Å²) in [6, 6.07) is 17.4.